The lowest BCUT2D eigenvalue weighted by Crippen LogP contribution is -2.21. The molecule has 4 heteroatoms. The molecule has 1 aromatic carbocycles. The van der Waals surface area contributed by atoms with E-state index in [9.17, 15) is 4.79 Å². The minimum Gasteiger partial charge on any atom is -0.349 e. The number of rotatable bonds is 4. The Hall–Kier alpha value is -2.10. The Labute approximate surface area is 107 Å². The second-order valence-corrected chi connectivity index (χ2v) is 4.37. The minimum atomic E-state index is -0.0418. The molecular formula is C14H17N3O. The van der Waals surface area contributed by atoms with Crippen molar-refractivity contribution in [2.75, 3.05) is 0 Å². The molecule has 0 aliphatic heterocycles. The number of imidazole rings is 1. The average molecular weight is 243 g/mol. The lowest BCUT2D eigenvalue weighted by molar-refractivity contribution is -0.119. The molecule has 4 nitrogen and oxygen atoms in total. The van der Waals surface area contributed by atoms with Gasteiger partial charge in [0.1, 0.15) is 5.82 Å². The molecule has 94 valence electrons. The van der Waals surface area contributed by atoms with E-state index < -0.39 is 0 Å². The van der Waals surface area contributed by atoms with Gasteiger partial charge in [-0.1, -0.05) is 29.8 Å². The van der Waals surface area contributed by atoms with Crippen LogP contribution in [-0.2, 0) is 17.9 Å². The number of nitrogens with zero attached hydrogens (tertiary/aromatic N) is 2. The van der Waals surface area contributed by atoms with Gasteiger partial charge in [-0.15, -0.1) is 0 Å². The van der Waals surface area contributed by atoms with Crippen molar-refractivity contribution >= 4 is 5.91 Å². The number of hydrogen-bond donors (Lipinski definition) is 1. The fourth-order valence-electron chi connectivity index (χ4n) is 1.74. The Bertz CT molecular complexity index is 528. The maximum Gasteiger partial charge on any atom is 0.217 e. The van der Waals surface area contributed by atoms with Crippen molar-refractivity contribution < 1.29 is 4.79 Å². The second-order valence-electron chi connectivity index (χ2n) is 4.37. The molecule has 0 saturated heterocycles. The molecule has 1 aromatic heterocycles. The first-order chi connectivity index (χ1) is 8.65. The molecule has 0 atom stereocenters. The largest absolute Gasteiger partial charge is 0.349 e. The van der Waals surface area contributed by atoms with Crippen LogP contribution >= 0.6 is 0 Å². The molecule has 2 aromatic rings. The summed E-state index contributed by atoms with van der Waals surface area (Å²) in [5, 5.41) is 2.76. The van der Waals surface area contributed by atoms with Gasteiger partial charge >= 0.3 is 0 Å². The zero-order valence-corrected chi connectivity index (χ0v) is 10.7. The summed E-state index contributed by atoms with van der Waals surface area (Å²) >= 11 is 0. The predicted molar refractivity (Wildman–Crippen MR) is 70.0 cm³/mol. The van der Waals surface area contributed by atoms with Crippen LogP contribution in [0.25, 0.3) is 0 Å². The summed E-state index contributed by atoms with van der Waals surface area (Å²) in [7, 11) is 0. The predicted octanol–water partition coefficient (Wildman–Crippen LogP) is 1.88. The number of benzene rings is 1. The molecule has 0 bridgehead atoms. The Morgan fingerprint density at radius 1 is 1.33 bits per heavy atom. The van der Waals surface area contributed by atoms with Crippen LogP contribution in [0.3, 0.4) is 0 Å². The SMILES string of the molecule is CC(=O)NCc1nccn1Cc1ccc(C)cc1. The first kappa shape index (κ1) is 12.4. The number of hydrogen-bond acceptors (Lipinski definition) is 2. The number of aromatic nitrogens is 2. The maximum absolute atomic E-state index is 10.9. The first-order valence-corrected chi connectivity index (χ1v) is 5.95. The van der Waals surface area contributed by atoms with Crippen molar-refractivity contribution in [1.82, 2.24) is 14.9 Å². The Balaban J connectivity index is 2.07. The van der Waals surface area contributed by atoms with Crippen LogP contribution in [0, 0.1) is 6.92 Å². The highest BCUT2D eigenvalue weighted by molar-refractivity contribution is 5.72. The zero-order chi connectivity index (χ0) is 13.0. The van der Waals surface area contributed by atoms with Gasteiger partial charge in [0, 0.05) is 25.9 Å². The third-order valence-electron chi connectivity index (χ3n) is 2.77. The number of amides is 1. The van der Waals surface area contributed by atoms with Gasteiger partial charge in [0.25, 0.3) is 0 Å². The molecule has 18 heavy (non-hydrogen) atoms. The molecule has 0 unspecified atom stereocenters. The van der Waals surface area contributed by atoms with Crippen molar-refractivity contribution in [2.24, 2.45) is 0 Å². The number of carbonyl (C=O) groups is 1. The van der Waals surface area contributed by atoms with Crippen molar-refractivity contribution in [3.8, 4) is 0 Å². The fourth-order valence-corrected chi connectivity index (χ4v) is 1.74. The molecule has 0 spiro atoms. The van der Waals surface area contributed by atoms with E-state index in [4.69, 9.17) is 0 Å². The molecule has 1 N–H and O–H groups in total. The highest BCUT2D eigenvalue weighted by Gasteiger charge is 2.04. The van der Waals surface area contributed by atoms with E-state index in [0.29, 0.717) is 6.54 Å². The lowest BCUT2D eigenvalue weighted by atomic mass is 10.1. The van der Waals surface area contributed by atoms with Gasteiger partial charge < -0.3 is 9.88 Å². The second kappa shape index (κ2) is 5.49. The zero-order valence-electron chi connectivity index (χ0n) is 10.7. The smallest absolute Gasteiger partial charge is 0.217 e. The molecule has 1 amide bonds. The topological polar surface area (TPSA) is 46.9 Å². The summed E-state index contributed by atoms with van der Waals surface area (Å²) in [5.41, 5.74) is 2.48. The third kappa shape index (κ3) is 3.20. The van der Waals surface area contributed by atoms with E-state index in [2.05, 4.69) is 41.5 Å². The van der Waals surface area contributed by atoms with Crippen LogP contribution < -0.4 is 5.32 Å². The average Bonchev–Trinajstić information content (AvgIpc) is 2.77. The van der Waals surface area contributed by atoms with Gasteiger partial charge in [0.2, 0.25) is 5.91 Å². The molecule has 0 radical (unpaired) electrons. The van der Waals surface area contributed by atoms with Gasteiger partial charge in [0.15, 0.2) is 0 Å². The van der Waals surface area contributed by atoms with Gasteiger partial charge in [-0.05, 0) is 12.5 Å². The number of carbonyl (C=O) groups excluding carboxylic acids is 1. The summed E-state index contributed by atoms with van der Waals surface area (Å²) in [6.07, 6.45) is 3.68. The van der Waals surface area contributed by atoms with Gasteiger partial charge in [0.05, 0.1) is 6.54 Å². The van der Waals surface area contributed by atoms with Crippen molar-refractivity contribution in [3.05, 3.63) is 53.6 Å². The van der Waals surface area contributed by atoms with Gasteiger partial charge in [-0.25, -0.2) is 4.98 Å². The summed E-state index contributed by atoms with van der Waals surface area (Å²) < 4.78 is 2.04. The van der Waals surface area contributed by atoms with Crippen LogP contribution in [0.1, 0.15) is 23.9 Å². The minimum absolute atomic E-state index is 0.0418. The fraction of sp³-hybridized carbons (Fsp3) is 0.286. The third-order valence-corrected chi connectivity index (χ3v) is 2.77. The Kier molecular flexibility index (Phi) is 3.77. The van der Waals surface area contributed by atoms with Gasteiger partial charge in [-0.2, -0.15) is 0 Å². The van der Waals surface area contributed by atoms with Crippen LogP contribution in [0.2, 0.25) is 0 Å². The van der Waals surface area contributed by atoms with Crippen molar-refractivity contribution in [1.29, 1.82) is 0 Å². The van der Waals surface area contributed by atoms with Crippen LogP contribution in [0.5, 0.6) is 0 Å². The Morgan fingerprint density at radius 2 is 2.06 bits per heavy atom. The highest BCUT2D eigenvalue weighted by Crippen LogP contribution is 2.07. The molecule has 0 aliphatic rings. The highest BCUT2D eigenvalue weighted by atomic mass is 16.1. The summed E-state index contributed by atoms with van der Waals surface area (Å²) in [5.74, 6) is 0.825. The van der Waals surface area contributed by atoms with Crippen LogP contribution in [-0.4, -0.2) is 15.5 Å². The van der Waals surface area contributed by atoms with E-state index in [1.54, 1.807) is 6.20 Å². The molecule has 0 saturated carbocycles. The van der Waals surface area contributed by atoms with Crippen LogP contribution in [0.15, 0.2) is 36.7 Å². The standard InChI is InChI=1S/C14H17N3O/c1-11-3-5-13(6-4-11)10-17-8-7-15-14(17)9-16-12(2)18/h3-8H,9-10H2,1-2H3,(H,16,18). The van der Waals surface area contributed by atoms with Crippen molar-refractivity contribution in [2.45, 2.75) is 26.9 Å². The summed E-state index contributed by atoms with van der Waals surface area (Å²) in [6, 6.07) is 8.41. The summed E-state index contributed by atoms with van der Waals surface area (Å²) in [6.45, 7) is 4.82. The number of nitrogens with one attached hydrogen (secondary N) is 1. The molecule has 1 heterocycles. The van der Waals surface area contributed by atoms with Crippen LogP contribution in [0.4, 0.5) is 0 Å². The monoisotopic (exact) mass is 243 g/mol. The van der Waals surface area contributed by atoms with Gasteiger partial charge in [-0.3, -0.25) is 4.79 Å². The normalized spacial score (nSPS) is 10.3. The Morgan fingerprint density at radius 3 is 2.72 bits per heavy atom. The molecular weight excluding hydrogens is 226 g/mol. The molecule has 2 rings (SSSR count). The quantitative estimate of drug-likeness (QED) is 0.891. The molecule has 0 fully saturated rings. The van der Waals surface area contributed by atoms with E-state index in [1.165, 1.54) is 18.1 Å². The molecule has 0 aliphatic carbocycles. The number of aryl methyl sites for hydroxylation is 1. The summed E-state index contributed by atoms with van der Waals surface area (Å²) in [4.78, 5) is 15.1. The van der Waals surface area contributed by atoms with E-state index in [-0.39, 0.29) is 5.91 Å². The van der Waals surface area contributed by atoms with E-state index >= 15 is 0 Å². The maximum atomic E-state index is 10.9. The van der Waals surface area contributed by atoms with E-state index in [0.717, 1.165) is 12.4 Å². The van der Waals surface area contributed by atoms with Crippen molar-refractivity contribution in [3.63, 3.8) is 0 Å². The van der Waals surface area contributed by atoms with E-state index in [1.807, 2.05) is 10.8 Å². The lowest BCUT2D eigenvalue weighted by Gasteiger charge is -2.08. The first-order valence-electron chi connectivity index (χ1n) is 5.95.